The van der Waals surface area contributed by atoms with Crippen LogP contribution in [-0.2, 0) is 13.0 Å². The number of nitrogens with one attached hydrogen (secondary N) is 1. The van der Waals surface area contributed by atoms with Crippen LogP contribution in [0.25, 0.3) is 0 Å². The van der Waals surface area contributed by atoms with Crippen LogP contribution in [0.2, 0.25) is 5.02 Å². The molecule has 1 atom stereocenters. The van der Waals surface area contributed by atoms with Gasteiger partial charge in [0.2, 0.25) is 0 Å². The fourth-order valence-corrected chi connectivity index (χ4v) is 3.13. The number of fused-ring (bicyclic) bond motifs is 1. The lowest BCUT2D eigenvalue weighted by Crippen LogP contribution is -2.24. The third kappa shape index (κ3) is 2.88. The Morgan fingerprint density at radius 2 is 2.26 bits per heavy atom. The molecule has 3 rings (SSSR count). The molecule has 0 saturated heterocycles. The minimum Gasteiger partial charge on any atom is -0.469 e. The standard InChI is InChI=1S/C15H15BrClNO/c16-12-8-10(4-5-13(12)17)9-18-14-2-1-3-15-11(14)6-7-19-15/h4-8,14,18H,1-3,9H2. The van der Waals surface area contributed by atoms with Crippen molar-refractivity contribution < 1.29 is 4.42 Å². The summed E-state index contributed by atoms with van der Waals surface area (Å²) < 4.78 is 6.45. The van der Waals surface area contributed by atoms with E-state index in [9.17, 15) is 0 Å². The molecule has 1 aliphatic rings. The Balaban J connectivity index is 1.69. The molecule has 0 fully saturated rings. The van der Waals surface area contributed by atoms with Gasteiger partial charge in [0.05, 0.1) is 11.3 Å². The van der Waals surface area contributed by atoms with Gasteiger partial charge in [0, 0.05) is 29.0 Å². The van der Waals surface area contributed by atoms with Crippen LogP contribution in [0.5, 0.6) is 0 Å². The van der Waals surface area contributed by atoms with Crippen molar-refractivity contribution in [2.45, 2.75) is 31.8 Å². The van der Waals surface area contributed by atoms with E-state index in [-0.39, 0.29) is 0 Å². The Kier molecular flexibility index (Phi) is 3.96. The highest BCUT2D eigenvalue weighted by Crippen LogP contribution is 2.31. The molecule has 100 valence electrons. The molecule has 0 saturated carbocycles. The summed E-state index contributed by atoms with van der Waals surface area (Å²) in [6.45, 7) is 0.838. The maximum absolute atomic E-state index is 6.00. The van der Waals surface area contributed by atoms with Crippen molar-refractivity contribution in [1.29, 1.82) is 0 Å². The van der Waals surface area contributed by atoms with Gasteiger partial charge >= 0.3 is 0 Å². The van der Waals surface area contributed by atoms with E-state index >= 15 is 0 Å². The second kappa shape index (κ2) is 5.70. The first-order valence-corrected chi connectivity index (χ1v) is 7.65. The summed E-state index contributed by atoms with van der Waals surface area (Å²) >= 11 is 9.46. The van der Waals surface area contributed by atoms with E-state index in [1.807, 2.05) is 6.07 Å². The lowest BCUT2D eigenvalue weighted by atomic mass is 9.93. The maximum Gasteiger partial charge on any atom is 0.108 e. The number of aryl methyl sites for hydroxylation is 1. The summed E-state index contributed by atoms with van der Waals surface area (Å²) in [5, 5.41) is 4.35. The second-order valence-corrected chi connectivity index (χ2v) is 6.13. The first kappa shape index (κ1) is 13.2. The number of hydrogen-bond donors (Lipinski definition) is 1. The summed E-state index contributed by atoms with van der Waals surface area (Å²) in [7, 11) is 0. The average molecular weight is 341 g/mol. The van der Waals surface area contributed by atoms with Crippen LogP contribution in [-0.4, -0.2) is 0 Å². The van der Waals surface area contributed by atoms with Crippen molar-refractivity contribution in [3.63, 3.8) is 0 Å². The molecule has 1 heterocycles. The molecule has 0 bridgehead atoms. The van der Waals surface area contributed by atoms with Gasteiger partial charge in [-0.25, -0.2) is 0 Å². The van der Waals surface area contributed by atoms with Crippen LogP contribution in [0.3, 0.4) is 0 Å². The molecule has 1 aromatic carbocycles. The molecular formula is C15H15BrClNO. The monoisotopic (exact) mass is 339 g/mol. The number of hydrogen-bond acceptors (Lipinski definition) is 2. The van der Waals surface area contributed by atoms with E-state index in [1.54, 1.807) is 6.26 Å². The molecule has 0 spiro atoms. The molecule has 2 nitrogen and oxygen atoms in total. The Morgan fingerprint density at radius 3 is 3.11 bits per heavy atom. The molecule has 1 N–H and O–H groups in total. The Morgan fingerprint density at radius 1 is 1.37 bits per heavy atom. The Hall–Kier alpha value is -0.770. The van der Waals surface area contributed by atoms with Gasteiger partial charge in [-0.15, -0.1) is 0 Å². The largest absolute Gasteiger partial charge is 0.469 e. The minimum absolute atomic E-state index is 0.400. The van der Waals surface area contributed by atoms with E-state index < -0.39 is 0 Å². The van der Waals surface area contributed by atoms with Gasteiger partial charge in [-0.2, -0.15) is 0 Å². The molecule has 1 unspecified atom stereocenters. The van der Waals surface area contributed by atoms with Gasteiger partial charge in [-0.3, -0.25) is 0 Å². The average Bonchev–Trinajstić information content (AvgIpc) is 2.89. The fourth-order valence-electron chi connectivity index (χ4n) is 2.59. The minimum atomic E-state index is 0.400. The van der Waals surface area contributed by atoms with Crippen molar-refractivity contribution in [2.24, 2.45) is 0 Å². The SMILES string of the molecule is Clc1ccc(CNC2CCCc3occc32)cc1Br. The van der Waals surface area contributed by atoms with Gasteiger partial charge in [0.25, 0.3) is 0 Å². The molecule has 19 heavy (non-hydrogen) atoms. The fraction of sp³-hybridized carbons (Fsp3) is 0.333. The number of halogens is 2. The third-order valence-electron chi connectivity index (χ3n) is 3.59. The number of rotatable bonds is 3. The zero-order chi connectivity index (χ0) is 13.2. The predicted molar refractivity (Wildman–Crippen MR) is 80.4 cm³/mol. The highest BCUT2D eigenvalue weighted by Gasteiger charge is 2.21. The smallest absolute Gasteiger partial charge is 0.108 e. The molecule has 0 radical (unpaired) electrons. The summed E-state index contributed by atoms with van der Waals surface area (Å²) in [5.74, 6) is 1.14. The zero-order valence-corrected chi connectivity index (χ0v) is 12.8. The van der Waals surface area contributed by atoms with Crippen molar-refractivity contribution >= 4 is 27.5 Å². The Labute approximate surface area is 126 Å². The van der Waals surface area contributed by atoms with Gasteiger partial charge in [-0.05, 0) is 52.5 Å². The second-order valence-electron chi connectivity index (χ2n) is 4.87. The summed E-state index contributed by atoms with van der Waals surface area (Å²) in [5.41, 5.74) is 2.55. The van der Waals surface area contributed by atoms with Crippen molar-refractivity contribution in [1.82, 2.24) is 5.32 Å². The zero-order valence-electron chi connectivity index (χ0n) is 10.5. The van der Waals surface area contributed by atoms with Gasteiger partial charge < -0.3 is 9.73 Å². The van der Waals surface area contributed by atoms with E-state index in [1.165, 1.54) is 24.0 Å². The predicted octanol–water partition coefficient (Wildman–Crippen LogP) is 4.86. The molecule has 2 aromatic rings. The number of furan rings is 1. The maximum atomic E-state index is 6.00. The van der Waals surface area contributed by atoms with E-state index in [4.69, 9.17) is 16.0 Å². The van der Waals surface area contributed by atoms with E-state index in [0.29, 0.717) is 6.04 Å². The first-order valence-electron chi connectivity index (χ1n) is 6.47. The molecule has 1 aromatic heterocycles. The highest BCUT2D eigenvalue weighted by atomic mass is 79.9. The number of benzene rings is 1. The van der Waals surface area contributed by atoms with Gasteiger partial charge in [0.15, 0.2) is 0 Å². The van der Waals surface area contributed by atoms with Crippen molar-refractivity contribution in [3.05, 3.63) is 56.9 Å². The molecular weight excluding hydrogens is 326 g/mol. The summed E-state index contributed by atoms with van der Waals surface area (Å²) in [6, 6.07) is 8.53. The normalized spacial score (nSPS) is 18.3. The first-order chi connectivity index (χ1) is 9.24. The van der Waals surface area contributed by atoms with Crippen LogP contribution in [0.1, 0.15) is 35.8 Å². The topological polar surface area (TPSA) is 25.2 Å². The van der Waals surface area contributed by atoms with Gasteiger partial charge in [0.1, 0.15) is 5.76 Å². The summed E-state index contributed by atoms with van der Waals surface area (Å²) in [6.07, 6.45) is 5.21. The Bertz CT molecular complexity index is 581. The van der Waals surface area contributed by atoms with E-state index in [0.717, 1.165) is 28.2 Å². The van der Waals surface area contributed by atoms with Crippen LogP contribution < -0.4 is 5.32 Å². The van der Waals surface area contributed by atoms with Crippen molar-refractivity contribution in [3.8, 4) is 0 Å². The molecule has 0 aliphatic heterocycles. The van der Waals surface area contributed by atoms with Crippen LogP contribution in [0.4, 0.5) is 0 Å². The molecule has 1 aliphatic carbocycles. The van der Waals surface area contributed by atoms with Crippen molar-refractivity contribution in [2.75, 3.05) is 0 Å². The lowest BCUT2D eigenvalue weighted by Gasteiger charge is -2.23. The van der Waals surface area contributed by atoms with Crippen LogP contribution in [0.15, 0.2) is 39.4 Å². The summed E-state index contributed by atoms with van der Waals surface area (Å²) in [4.78, 5) is 0. The van der Waals surface area contributed by atoms with Crippen LogP contribution >= 0.6 is 27.5 Å². The molecule has 0 amide bonds. The third-order valence-corrected chi connectivity index (χ3v) is 4.80. The highest BCUT2D eigenvalue weighted by molar-refractivity contribution is 9.10. The van der Waals surface area contributed by atoms with E-state index in [2.05, 4.69) is 39.4 Å². The van der Waals surface area contributed by atoms with Crippen LogP contribution in [0, 0.1) is 0 Å². The van der Waals surface area contributed by atoms with Gasteiger partial charge in [-0.1, -0.05) is 17.7 Å². The quantitative estimate of drug-likeness (QED) is 0.863. The molecule has 4 heteroatoms. The lowest BCUT2D eigenvalue weighted by molar-refractivity contribution is 0.411.